The van der Waals surface area contributed by atoms with Crippen LogP contribution in [0.5, 0.6) is 11.5 Å². The van der Waals surface area contributed by atoms with Gasteiger partial charge in [0.15, 0.2) is 23.2 Å². The van der Waals surface area contributed by atoms with Crippen LogP contribution in [0, 0.1) is 29.6 Å². The first-order valence-electron chi connectivity index (χ1n) is 9.11. The van der Waals surface area contributed by atoms with Crippen LogP contribution in [0.15, 0.2) is 6.07 Å². The van der Waals surface area contributed by atoms with Gasteiger partial charge in [-0.25, -0.2) is 0 Å². The van der Waals surface area contributed by atoms with Gasteiger partial charge in [0.25, 0.3) is 0 Å². The molecule has 0 saturated heterocycles. The highest BCUT2D eigenvalue weighted by Gasteiger charge is 2.47. The molecule has 0 aliphatic heterocycles. The van der Waals surface area contributed by atoms with E-state index in [9.17, 15) is 14.4 Å². The minimum absolute atomic E-state index is 0.0662. The number of ether oxygens (including phenoxy) is 4. The second-order valence-corrected chi connectivity index (χ2v) is 6.69. The van der Waals surface area contributed by atoms with Crippen molar-refractivity contribution in [3.63, 3.8) is 0 Å². The summed E-state index contributed by atoms with van der Waals surface area (Å²) >= 11 is 0. The van der Waals surface area contributed by atoms with Gasteiger partial charge in [-0.3, -0.25) is 14.4 Å². The zero-order valence-corrected chi connectivity index (χ0v) is 18.1. The molecule has 7 heteroatoms. The van der Waals surface area contributed by atoms with E-state index in [1.165, 1.54) is 14.2 Å². The Balaban J connectivity index is 3.63. The van der Waals surface area contributed by atoms with E-state index in [-0.39, 0.29) is 30.1 Å². The maximum Gasteiger partial charge on any atom is 0.325 e. The Bertz CT molecular complexity index is 894. The maximum atomic E-state index is 12.3. The van der Waals surface area contributed by atoms with Crippen molar-refractivity contribution in [2.75, 3.05) is 28.4 Å². The fraction of sp³-hybridized carbons (Fsp3) is 0.435. The molecule has 0 N–H and O–H groups in total. The lowest BCUT2D eigenvalue weighted by molar-refractivity contribution is -0.168. The van der Waals surface area contributed by atoms with E-state index < -0.39 is 17.4 Å². The van der Waals surface area contributed by atoms with Crippen molar-refractivity contribution in [3.8, 4) is 35.7 Å². The summed E-state index contributed by atoms with van der Waals surface area (Å²) < 4.78 is 20.5. The number of terminal acetylenes is 1. The Hall–Kier alpha value is -3.45. The van der Waals surface area contributed by atoms with Crippen molar-refractivity contribution < 1.29 is 33.3 Å². The highest BCUT2D eigenvalue weighted by Crippen LogP contribution is 2.40. The summed E-state index contributed by atoms with van der Waals surface area (Å²) in [6.07, 6.45) is 5.49. The van der Waals surface area contributed by atoms with Crippen LogP contribution in [-0.4, -0.2) is 46.7 Å². The summed E-state index contributed by atoms with van der Waals surface area (Å²) in [5.41, 5.74) is -0.421. The van der Waals surface area contributed by atoms with Crippen molar-refractivity contribution in [2.45, 2.75) is 32.6 Å². The number of carbonyl (C=O) groups excluding carboxylic acids is 3. The summed E-state index contributed by atoms with van der Waals surface area (Å²) in [4.78, 5) is 36.4. The van der Waals surface area contributed by atoms with Gasteiger partial charge in [-0.15, -0.1) is 12.3 Å². The van der Waals surface area contributed by atoms with Crippen molar-refractivity contribution in [2.24, 2.45) is 5.41 Å². The van der Waals surface area contributed by atoms with Gasteiger partial charge in [0.05, 0.1) is 34.0 Å². The monoisotopic (exact) mass is 414 g/mol. The minimum atomic E-state index is -1.78. The van der Waals surface area contributed by atoms with Gasteiger partial charge in [0.2, 0.25) is 0 Å². The molecule has 1 aromatic rings. The maximum absolute atomic E-state index is 12.3. The van der Waals surface area contributed by atoms with Crippen LogP contribution < -0.4 is 9.47 Å². The van der Waals surface area contributed by atoms with Crippen molar-refractivity contribution >= 4 is 18.2 Å². The highest BCUT2D eigenvalue weighted by molar-refractivity contribution is 6.00. The van der Waals surface area contributed by atoms with Gasteiger partial charge in [-0.05, 0) is 12.0 Å². The molecule has 0 atom stereocenters. The third-order valence-electron chi connectivity index (χ3n) is 4.61. The standard InChI is InChI=1S/C23H26O7/c1-8-11-23(21(25)29-6,22(26)30-7)12-9-10-17-16(14-24)13-18(15(2)3)20(28-5)19(17)27-4/h1,13-15H,11-12H2,2-7H3. The first kappa shape index (κ1) is 24.6. The van der Waals surface area contributed by atoms with Crippen LogP contribution in [0.1, 0.15) is 54.1 Å². The molecule has 0 spiro atoms. The van der Waals surface area contributed by atoms with Crippen LogP contribution in [-0.2, 0) is 19.1 Å². The number of carbonyl (C=O) groups is 3. The van der Waals surface area contributed by atoms with Gasteiger partial charge < -0.3 is 18.9 Å². The summed E-state index contributed by atoms with van der Waals surface area (Å²) in [6, 6.07) is 1.68. The Morgan fingerprint density at radius 1 is 1.07 bits per heavy atom. The van der Waals surface area contributed by atoms with Crippen LogP contribution >= 0.6 is 0 Å². The molecular formula is C23H26O7. The Kier molecular flexibility index (Phi) is 8.95. The number of benzene rings is 1. The number of rotatable bonds is 8. The summed E-state index contributed by atoms with van der Waals surface area (Å²) in [5.74, 6) is 7.00. The van der Waals surface area contributed by atoms with Crippen LogP contribution in [0.2, 0.25) is 0 Å². The third kappa shape index (κ3) is 4.75. The zero-order chi connectivity index (χ0) is 22.9. The third-order valence-corrected chi connectivity index (χ3v) is 4.61. The summed E-state index contributed by atoms with van der Waals surface area (Å²) in [5, 5.41) is 0. The van der Waals surface area contributed by atoms with E-state index in [1.807, 2.05) is 13.8 Å². The molecule has 0 unspecified atom stereocenters. The molecule has 160 valence electrons. The van der Waals surface area contributed by atoms with Crippen LogP contribution in [0.3, 0.4) is 0 Å². The SMILES string of the molecule is C#CCC(CC#Cc1c(C=O)cc(C(C)C)c(OC)c1OC)(C(=O)OC)C(=O)OC. The van der Waals surface area contributed by atoms with E-state index in [2.05, 4.69) is 17.8 Å². The first-order chi connectivity index (χ1) is 14.3. The molecule has 1 rings (SSSR count). The molecule has 0 saturated carbocycles. The number of hydrogen-bond donors (Lipinski definition) is 0. The lowest BCUT2D eigenvalue weighted by Crippen LogP contribution is -2.40. The Morgan fingerprint density at radius 3 is 2.03 bits per heavy atom. The summed E-state index contributed by atoms with van der Waals surface area (Å²) in [7, 11) is 5.22. The number of esters is 2. The molecule has 1 aromatic carbocycles. The quantitative estimate of drug-likeness (QED) is 0.280. The van der Waals surface area contributed by atoms with Crippen molar-refractivity contribution in [1.82, 2.24) is 0 Å². The van der Waals surface area contributed by atoms with Gasteiger partial charge in [-0.2, -0.15) is 0 Å². The number of aldehydes is 1. The lowest BCUT2D eigenvalue weighted by atomic mass is 9.81. The molecule has 0 aromatic heterocycles. The van der Waals surface area contributed by atoms with Gasteiger partial charge >= 0.3 is 11.9 Å². The summed E-state index contributed by atoms with van der Waals surface area (Å²) in [6.45, 7) is 3.91. The Labute approximate surface area is 177 Å². The van der Waals surface area contributed by atoms with Gasteiger partial charge in [0, 0.05) is 24.0 Å². The van der Waals surface area contributed by atoms with Crippen LogP contribution in [0.25, 0.3) is 0 Å². The highest BCUT2D eigenvalue weighted by atomic mass is 16.5. The second-order valence-electron chi connectivity index (χ2n) is 6.69. The fourth-order valence-electron chi connectivity index (χ4n) is 3.02. The van der Waals surface area contributed by atoms with E-state index >= 15 is 0 Å². The molecule has 0 heterocycles. The van der Waals surface area contributed by atoms with Crippen molar-refractivity contribution in [1.29, 1.82) is 0 Å². The van der Waals surface area contributed by atoms with Gasteiger partial charge in [-0.1, -0.05) is 25.7 Å². The smallest absolute Gasteiger partial charge is 0.325 e. The molecule has 0 amide bonds. The molecule has 0 fully saturated rings. The molecule has 0 aliphatic rings. The van der Waals surface area contributed by atoms with Crippen molar-refractivity contribution in [3.05, 3.63) is 22.8 Å². The molecular weight excluding hydrogens is 388 g/mol. The van der Waals surface area contributed by atoms with Gasteiger partial charge in [0.1, 0.15) is 0 Å². The normalized spacial score (nSPS) is 10.3. The van der Waals surface area contributed by atoms with E-state index in [1.54, 1.807) is 6.07 Å². The predicted molar refractivity (Wildman–Crippen MR) is 110 cm³/mol. The predicted octanol–water partition coefficient (Wildman–Crippen LogP) is 2.74. The minimum Gasteiger partial charge on any atom is -0.493 e. The Morgan fingerprint density at radius 2 is 1.63 bits per heavy atom. The molecule has 0 radical (unpaired) electrons. The second kappa shape index (κ2) is 10.9. The topological polar surface area (TPSA) is 88.1 Å². The largest absolute Gasteiger partial charge is 0.493 e. The average molecular weight is 414 g/mol. The molecule has 30 heavy (non-hydrogen) atoms. The fourth-order valence-corrected chi connectivity index (χ4v) is 3.02. The average Bonchev–Trinajstić information content (AvgIpc) is 2.75. The molecule has 7 nitrogen and oxygen atoms in total. The van der Waals surface area contributed by atoms with Crippen LogP contribution in [0.4, 0.5) is 0 Å². The van der Waals surface area contributed by atoms with E-state index in [0.717, 1.165) is 19.8 Å². The zero-order valence-electron chi connectivity index (χ0n) is 18.1. The number of hydrogen-bond acceptors (Lipinski definition) is 7. The first-order valence-corrected chi connectivity index (χ1v) is 9.11. The van der Waals surface area contributed by atoms with E-state index in [4.69, 9.17) is 25.4 Å². The number of methoxy groups -OCH3 is 4. The van der Waals surface area contributed by atoms with E-state index in [0.29, 0.717) is 17.6 Å². The lowest BCUT2D eigenvalue weighted by Gasteiger charge is -2.24. The molecule has 0 bridgehead atoms. The molecule has 0 aliphatic carbocycles.